The third kappa shape index (κ3) is 3.92. The van der Waals surface area contributed by atoms with Crippen molar-refractivity contribution >= 4 is 0 Å². The van der Waals surface area contributed by atoms with Crippen LogP contribution in [0.3, 0.4) is 0 Å². The average Bonchev–Trinajstić information content (AvgIpc) is 2.45. The van der Waals surface area contributed by atoms with Gasteiger partial charge in [-0.15, -0.1) is 6.58 Å². The molecule has 0 N–H and O–H groups in total. The Labute approximate surface area is 117 Å². The monoisotopic (exact) mass is 259 g/mol. The van der Waals surface area contributed by atoms with Gasteiger partial charge >= 0.3 is 0 Å². The zero-order valence-electron chi connectivity index (χ0n) is 12.0. The lowest BCUT2D eigenvalue weighted by Crippen LogP contribution is -2.34. The molecule has 0 amide bonds. The van der Waals surface area contributed by atoms with Gasteiger partial charge in [0.1, 0.15) is 0 Å². The quantitative estimate of drug-likeness (QED) is 0.757. The van der Waals surface area contributed by atoms with Crippen LogP contribution < -0.4 is 0 Å². The summed E-state index contributed by atoms with van der Waals surface area (Å²) < 4.78 is 0. The normalized spacial score (nSPS) is 21.6. The fraction of sp³-hybridized carbons (Fsp3) is 0.529. The Balaban J connectivity index is 2.21. The van der Waals surface area contributed by atoms with Gasteiger partial charge in [0.25, 0.3) is 0 Å². The molecule has 1 unspecified atom stereocenters. The number of fused-ring (bicyclic) bond motifs is 1. The molecule has 1 aromatic carbocycles. The van der Waals surface area contributed by atoms with Crippen LogP contribution in [0.5, 0.6) is 0 Å². The Hall–Kier alpha value is -1.12. The minimum absolute atomic E-state index is 0.452. The largest absolute Gasteiger partial charge is 0.302 e. The van der Waals surface area contributed by atoms with Crippen LogP contribution in [0.25, 0.3) is 0 Å². The molecule has 0 fully saturated rings. The number of hydrogen-bond donors (Lipinski definition) is 0. The van der Waals surface area contributed by atoms with Crippen molar-refractivity contribution in [2.75, 3.05) is 7.11 Å². The second kappa shape index (κ2) is 7.46. The maximum absolute atomic E-state index is 5.63. The van der Waals surface area contributed by atoms with Gasteiger partial charge in [-0.3, -0.25) is 0 Å². The molecule has 0 saturated carbocycles. The van der Waals surface area contributed by atoms with Crippen LogP contribution >= 0.6 is 0 Å². The van der Waals surface area contributed by atoms with Crippen LogP contribution in [0.15, 0.2) is 36.9 Å². The maximum Gasteiger partial charge on any atom is 0.0575 e. The Bertz CT molecular complexity index is 402. The zero-order chi connectivity index (χ0) is 13.5. The molecule has 1 atom stereocenters. The molecular formula is C17H25NO. The Morgan fingerprint density at radius 1 is 1.26 bits per heavy atom. The van der Waals surface area contributed by atoms with Crippen LogP contribution in [-0.2, 0) is 17.8 Å². The first-order valence-corrected chi connectivity index (χ1v) is 7.33. The third-order valence-electron chi connectivity index (χ3n) is 4.01. The van der Waals surface area contributed by atoms with Gasteiger partial charge in [0.2, 0.25) is 0 Å². The van der Waals surface area contributed by atoms with Gasteiger partial charge in [-0.25, -0.2) is 0 Å². The fourth-order valence-corrected chi connectivity index (χ4v) is 2.91. The van der Waals surface area contributed by atoms with E-state index < -0.39 is 0 Å². The SMILES string of the molecule is C=CCC1CCCCCc2ccccc2CN1OC. The Morgan fingerprint density at radius 2 is 2.05 bits per heavy atom. The van der Waals surface area contributed by atoms with Gasteiger partial charge in [-0.1, -0.05) is 43.2 Å². The standard InChI is InChI=1S/C17H25NO/c1-3-9-17-13-6-4-5-10-15-11-7-8-12-16(15)14-18(17)19-2/h3,7-8,11-12,17H,1,4-6,9-10,13-14H2,2H3. The van der Waals surface area contributed by atoms with E-state index in [1.54, 1.807) is 7.11 Å². The molecule has 2 rings (SSSR count). The van der Waals surface area contributed by atoms with Crippen molar-refractivity contribution in [1.82, 2.24) is 5.06 Å². The molecule has 0 saturated heterocycles. The highest BCUT2D eigenvalue weighted by atomic mass is 16.7. The van der Waals surface area contributed by atoms with Crippen LogP contribution in [0.2, 0.25) is 0 Å². The van der Waals surface area contributed by atoms with Crippen molar-refractivity contribution in [1.29, 1.82) is 0 Å². The molecule has 0 spiro atoms. The summed E-state index contributed by atoms with van der Waals surface area (Å²) in [6.07, 6.45) is 9.27. The molecule has 104 valence electrons. The molecule has 0 aromatic heterocycles. The van der Waals surface area contributed by atoms with E-state index in [0.29, 0.717) is 6.04 Å². The van der Waals surface area contributed by atoms with Crippen molar-refractivity contribution in [2.45, 2.75) is 51.1 Å². The van der Waals surface area contributed by atoms with Crippen LogP contribution in [0.4, 0.5) is 0 Å². The van der Waals surface area contributed by atoms with Gasteiger partial charge in [0, 0.05) is 12.6 Å². The summed E-state index contributed by atoms with van der Waals surface area (Å²) in [6, 6.07) is 9.21. The molecule has 0 radical (unpaired) electrons. The lowest BCUT2D eigenvalue weighted by molar-refractivity contribution is -0.171. The predicted molar refractivity (Wildman–Crippen MR) is 79.8 cm³/mol. The van der Waals surface area contributed by atoms with Crippen molar-refractivity contribution in [3.8, 4) is 0 Å². The summed E-state index contributed by atoms with van der Waals surface area (Å²) in [6.45, 7) is 4.76. The molecule has 1 aromatic rings. The van der Waals surface area contributed by atoms with Crippen LogP contribution in [-0.4, -0.2) is 18.2 Å². The molecular weight excluding hydrogens is 234 g/mol. The van der Waals surface area contributed by atoms with Gasteiger partial charge in [-0.05, 0) is 36.8 Å². The van der Waals surface area contributed by atoms with Crippen LogP contribution in [0, 0.1) is 0 Å². The van der Waals surface area contributed by atoms with E-state index >= 15 is 0 Å². The van der Waals surface area contributed by atoms with E-state index in [1.165, 1.54) is 43.2 Å². The summed E-state index contributed by atoms with van der Waals surface area (Å²) in [5.74, 6) is 0. The van der Waals surface area contributed by atoms with E-state index in [9.17, 15) is 0 Å². The molecule has 0 bridgehead atoms. The van der Waals surface area contributed by atoms with Crippen LogP contribution in [0.1, 0.15) is 43.2 Å². The van der Waals surface area contributed by atoms with E-state index in [2.05, 4.69) is 35.9 Å². The summed E-state index contributed by atoms with van der Waals surface area (Å²) in [5, 5.41) is 2.13. The molecule has 1 aliphatic rings. The second-order valence-corrected chi connectivity index (χ2v) is 5.30. The van der Waals surface area contributed by atoms with E-state index in [-0.39, 0.29) is 0 Å². The highest BCUT2D eigenvalue weighted by Crippen LogP contribution is 2.22. The number of aryl methyl sites for hydroxylation is 1. The summed E-state index contributed by atoms with van der Waals surface area (Å²) in [5.41, 5.74) is 2.88. The van der Waals surface area contributed by atoms with E-state index in [1.807, 2.05) is 6.08 Å². The summed E-state index contributed by atoms with van der Waals surface area (Å²) in [7, 11) is 1.78. The first kappa shape index (κ1) is 14.3. The first-order valence-electron chi connectivity index (χ1n) is 7.33. The Morgan fingerprint density at radius 3 is 2.79 bits per heavy atom. The highest BCUT2D eigenvalue weighted by molar-refractivity contribution is 5.27. The number of hydroxylamine groups is 2. The lowest BCUT2D eigenvalue weighted by atomic mass is 9.96. The highest BCUT2D eigenvalue weighted by Gasteiger charge is 2.19. The fourth-order valence-electron chi connectivity index (χ4n) is 2.91. The predicted octanol–water partition coefficient (Wildman–Crippen LogP) is 4.11. The van der Waals surface area contributed by atoms with Crippen molar-refractivity contribution < 1.29 is 4.84 Å². The second-order valence-electron chi connectivity index (χ2n) is 5.30. The smallest absolute Gasteiger partial charge is 0.0575 e. The maximum atomic E-state index is 5.63. The van der Waals surface area contributed by atoms with Crippen molar-refractivity contribution in [3.63, 3.8) is 0 Å². The van der Waals surface area contributed by atoms with E-state index in [4.69, 9.17) is 4.84 Å². The Kier molecular flexibility index (Phi) is 5.62. The van der Waals surface area contributed by atoms with Gasteiger partial charge < -0.3 is 4.84 Å². The topological polar surface area (TPSA) is 12.5 Å². The minimum atomic E-state index is 0.452. The van der Waals surface area contributed by atoms with Gasteiger partial charge in [0.15, 0.2) is 0 Å². The van der Waals surface area contributed by atoms with Gasteiger partial charge in [0.05, 0.1) is 7.11 Å². The number of hydrogen-bond acceptors (Lipinski definition) is 2. The molecule has 19 heavy (non-hydrogen) atoms. The molecule has 2 nitrogen and oxygen atoms in total. The lowest BCUT2D eigenvalue weighted by Gasteiger charge is -2.30. The first-order chi connectivity index (χ1) is 9.35. The zero-order valence-corrected chi connectivity index (χ0v) is 12.0. The molecule has 1 aliphatic heterocycles. The van der Waals surface area contributed by atoms with Crippen molar-refractivity contribution in [3.05, 3.63) is 48.0 Å². The number of nitrogens with zero attached hydrogens (tertiary/aromatic N) is 1. The average molecular weight is 259 g/mol. The third-order valence-corrected chi connectivity index (χ3v) is 4.01. The number of rotatable bonds is 3. The van der Waals surface area contributed by atoms with E-state index in [0.717, 1.165) is 13.0 Å². The number of benzene rings is 1. The minimum Gasteiger partial charge on any atom is -0.302 e. The van der Waals surface area contributed by atoms with Gasteiger partial charge in [-0.2, -0.15) is 5.06 Å². The summed E-state index contributed by atoms with van der Waals surface area (Å²) in [4.78, 5) is 5.63. The molecule has 2 heteroatoms. The summed E-state index contributed by atoms with van der Waals surface area (Å²) >= 11 is 0. The molecule has 0 aliphatic carbocycles. The molecule has 1 heterocycles. The van der Waals surface area contributed by atoms with Crippen molar-refractivity contribution in [2.24, 2.45) is 0 Å².